The van der Waals surface area contributed by atoms with Gasteiger partial charge in [0.1, 0.15) is 0 Å². The fraction of sp³-hybridized carbons (Fsp3) is 0.333. The summed E-state index contributed by atoms with van der Waals surface area (Å²) >= 11 is 5.65. The number of hydrogen-bond donors (Lipinski definition) is 2. The van der Waals surface area contributed by atoms with E-state index in [0.717, 1.165) is 5.56 Å². The van der Waals surface area contributed by atoms with E-state index in [0.29, 0.717) is 24.5 Å². The Morgan fingerprint density at radius 3 is 2.24 bits per heavy atom. The Kier molecular flexibility index (Phi) is 5.49. The van der Waals surface area contributed by atoms with Gasteiger partial charge >= 0.3 is 0 Å². The third-order valence-electron chi connectivity index (χ3n) is 2.15. The zero-order valence-corrected chi connectivity index (χ0v) is 10.4. The standard InChI is InChI=1S/C12H15ClN2O2/c1-9(16)14-6-7-15-12(17)11-4-2-10(8-13)3-5-11/h2-5H,6-8H2,1H3,(H,14,16)(H,15,17). The molecule has 0 unspecified atom stereocenters. The van der Waals surface area contributed by atoms with Crippen LogP contribution in [0.15, 0.2) is 24.3 Å². The number of amides is 2. The third-order valence-corrected chi connectivity index (χ3v) is 2.46. The van der Waals surface area contributed by atoms with Crippen LogP contribution in [0.3, 0.4) is 0 Å². The smallest absolute Gasteiger partial charge is 0.251 e. The molecule has 0 saturated heterocycles. The highest BCUT2D eigenvalue weighted by Gasteiger charge is 2.04. The highest BCUT2D eigenvalue weighted by atomic mass is 35.5. The maximum atomic E-state index is 11.6. The van der Waals surface area contributed by atoms with Gasteiger partial charge in [-0.05, 0) is 17.7 Å². The fourth-order valence-electron chi connectivity index (χ4n) is 1.26. The normalized spacial score (nSPS) is 9.76. The SMILES string of the molecule is CC(=O)NCCNC(=O)c1ccc(CCl)cc1. The maximum Gasteiger partial charge on any atom is 0.251 e. The van der Waals surface area contributed by atoms with Gasteiger partial charge in [0.05, 0.1) is 0 Å². The Morgan fingerprint density at radius 2 is 1.71 bits per heavy atom. The molecule has 2 N–H and O–H groups in total. The summed E-state index contributed by atoms with van der Waals surface area (Å²) < 4.78 is 0. The molecule has 1 rings (SSSR count). The van der Waals surface area contributed by atoms with Crippen LogP contribution >= 0.6 is 11.6 Å². The first-order valence-electron chi connectivity index (χ1n) is 5.31. The van der Waals surface area contributed by atoms with Gasteiger partial charge < -0.3 is 10.6 Å². The Balaban J connectivity index is 2.38. The van der Waals surface area contributed by atoms with Crippen molar-refractivity contribution >= 4 is 23.4 Å². The number of alkyl halides is 1. The van der Waals surface area contributed by atoms with E-state index in [-0.39, 0.29) is 11.8 Å². The van der Waals surface area contributed by atoms with Gasteiger partial charge in [-0.15, -0.1) is 11.6 Å². The highest BCUT2D eigenvalue weighted by molar-refractivity contribution is 6.17. The van der Waals surface area contributed by atoms with Crippen molar-refractivity contribution in [3.63, 3.8) is 0 Å². The summed E-state index contributed by atoms with van der Waals surface area (Å²) in [6.45, 7) is 2.28. The first-order chi connectivity index (χ1) is 8.13. The molecule has 2 amide bonds. The minimum Gasteiger partial charge on any atom is -0.355 e. The number of nitrogens with one attached hydrogen (secondary N) is 2. The van der Waals surface area contributed by atoms with E-state index in [1.165, 1.54) is 6.92 Å². The molecule has 0 aliphatic carbocycles. The predicted molar refractivity (Wildman–Crippen MR) is 67.0 cm³/mol. The van der Waals surface area contributed by atoms with Gasteiger partial charge in [0.15, 0.2) is 0 Å². The lowest BCUT2D eigenvalue weighted by molar-refractivity contribution is -0.118. The molecule has 1 aromatic rings. The molecule has 0 radical (unpaired) electrons. The first-order valence-corrected chi connectivity index (χ1v) is 5.84. The summed E-state index contributed by atoms with van der Waals surface area (Å²) in [7, 11) is 0. The Morgan fingerprint density at radius 1 is 1.12 bits per heavy atom. The second-order valence-electron chi connectivity index (χ2n) is 3.57. The van der Waals surface area contributed by atoms with Crippen LogP contribution in [0.25, 0.3) is 0 Å². The summed E-state index contributed by atoms with van der Waals surface area (Å²) in [5.41, 5.74) is 1.56. The molecule has 0 spiro atoms. The van der Waals surface area contributed by atoms with Crippen LogP contribution in [0, 0.1) is 0 Å². The van der Waals surface area contributed by atoms with E-state index < -0.39 is 0 Å². The van der Waals surface area contributed by atoms with Gasteiger partial charge in [0, 0.05) is 31.5 Å². The lowest BCUT2D eigenvalue weighted by atomic mass is 10.1. The Bertz CT molecular complexity index is 390. The number of benzene rings is 1. The van der Waals surface area contributed by atoms with E-state index in [4.69, 9.17) is 11.6 Å². The van der Waals surface area contributed by atoms with Crippen LogP contribution in [0.5, 0.6) is 0 Å². The number of carbonyl (C=O) groups excluding carboxylic acids is 2. The minimum absolute atomic E-state index is 0.106. The third kappa shape index (κ3) is 4.87. The van der Waals surface area contributed by atoms with Gasteiger partial charge in [-0.3, -0.25) is 9.59 Å². The van der Waals surface area contributed by atoms with E-state index >= 15 is 0 Å². The van der Waals surface area contributed by atoms with Crippen LogP contribution < -0.4 is 10.6 Å². The van der Waals surface area contributed by atoms with Crippen molar-refractivity contribution in [2.75, 3.05) is 13.1 Å². The maximum absolute atomic E-state index is 11.6. The molecule has 17 heavy (non-hydrogen) atoms. The molecule has 0 atom stereocenters. The van der Waals surface area contributed by atoms with Crippen LogP contribution in [-0.2, 0) is 10.7 Å². The van der Waals surface area contributed by atoms with Crippen LogP contribution in [0.2, 0.25) is 0 Å². The van der Waals surface area contributed by atoms with Crippen LogP contribution in [-0.4, -0.2) is 24.9 Å². The molecule has 0 aliphatic rings. The molecular formula is C12H15ClN2O2. The fourth-order valence-corrected chi connectivity index (χ4v) is 1.44. The van der Waals surface area contributed by atoms with Crippen molar-refractivity contribution < 1.29 is 9.59 Å². The average Bonchev–Trinajstić information content (AvgIpc) is 2.34. The molecule has 0 aliphatic heterocycles. The zero-order chi connectivity index (χ0) is 12.7. The van der Waals surface area contributed by atoms with Gasteiger partial charge in [-0.2, -0.15) is 0 Å². The summed E-state index contributed by atoms with van der Waals surface area (Å²) in [5, 5.41) is 5.30. The molecule has 0 heterocycles. The lowest BCUT2D eigenvalue weighted by Crippen LogP contribution is -2.33. The number of halogens is 1. The molecule has 0 bridgehead atoms. The van der Waals surface area contributed by atoms with Gasteiger partial charge in [-0.1, -0.05) is 12.1 Å². The topological polar surface area (TPSA) is 58.2 Å². The molecule has 0 aromatic heterocycles. The van der Waals surface area contributed by atoms with Crippen molar-refractivity contribution in [3.8, 4) is 0 Å². The van der Waals surface area contributed by atoms with E-state index in [1.807, 2.05) is 12.1 Å². The molecule has 0 fully saturated rings. The highest BCUT2D eigenvalue weighted by Crippen LogP contribution is 2.06. The van der Waals surface area contributed by atoms with Crippen molar-refractivity contribution in [1.82, 2.24) is 10.6 Å². The van der Waals surface area contributed by atoms with E-state index in [9.17, 15) is 9.59 Å². The largest absolute Gasteiger partial charge is 0.355 e. The predicted octanol–water partition coefficient (Wildman–Crippen LogP) is 1.29. The number of carbonyl (C=O) groups is 2. The lowest BCUT2D eigenvalue weighted by Gasteiger charge is -2.06. The molecule has 4 nitrogen and oxygen atoms in total. The Labute approximate surface area is 105 Å². The summed E-state index contributed by atoms with van der Waals surface area (Å²) in [6.07, 6.45) is 0. The van der Waals surface area contributed by atoms with E-state index in [2.05, 4.69) is 10.6 Å². The summed E-state index contributed by atoms with van der Waals surface area (Å²) in [6, 6.07) is 7.09. The van der Waals surface area contributed by atoms with Gasteiger partial charge in [-0.25, -0.2) is 0 Å². The van der Waals surface area contributed by atoms with Crippen molar-refractivity contribution in [2.45, 2.75) is 12.8 Å². The molecule has 5 heteroatoms. The molecule has 0 saturated carbocycles. The van der Waals surface area contributed by atoms with Crippen molar-refractivity contribution in [1.29, 1.82) is 0 Å². The molecule has 1 aromatic carbocycles. The van der Waals surface area contributed by atoms with Gasteiger partial charge in [0.2, 0.25) is 5.91 Å². The Hall–Kier alpha value is -1.55. The zero-order valence-electron chi connectivity index (χ0n) is 9.63. The summed E-state index contributed by atoms with van der Waals surface area (Å²) in [5.74, 6) is 0.173. The van der Waals surface area contributed by atoms with Crippen LogP contribution in [0.1, 0.15) is 22.8 Å². The monoisotopic (exact) mass is 254 g/mol. The molecular weight excluding hydrogens is 240 g/mol. The average molecular weight is 255 g/mol. The van der Waals surface area contributed by atoms with Crippen molar-refractivity contribution in [2.24, 2.45) is 0 Å². The number of rotatable bonds is 5. The van der Waals surface area contributed by atoms with Gasteiger partial charge in [0.25, 0.3) is 5.91 Å². The second-order valence-corrected chi connectivity index (χ2v) is 3.84. The second kappa shape index (κ2) is 6.91. The first kappa shape index (κ1) is 13.5. The number of hydrogen-bond acceptors (Lipinski definition) is 2. The van der Waals surface area contributed by atoms with Crippen LogP contribution in [0.4, 0.5) is 0 Å². The quantitative estimate of drug-likeness (QED) is 0.615. The summed E-state index contributed by atoms with van der Waals surface area (Å²) in [4.78, 5) is 22.2. The van der Waals surface area contributed by atoms with Crippen molar-refractivity contribution in [3.05, 3.63) is 35.4 Å². The molecule has 92 valence electrons. The minimum atomic E-state index is -0.156. The van der Waals surface area contributed by atoms with E-state index in [1.54, 1.807) is 12.1 Å².